The minimum atomic E-state index is -4.39. The fourth-order valence-electron chi connectivity index (χ4n) is 2.15. The van der Waals surface area contributed by atoms with E-state index in [1.165, 1.54) is 6.20 Å². The highest BCUT2D eigenvalue weighted by atomic mass is 19.4. The van der Waals surface area contributed by atoms with E-state index in [0.717, 1.165) is 5.69 Å². The van der Waals surface area contributed by atoms with Crippen molar-refractivity contribution in [3.8, 4) is 5.75 Å². The van der Waals surface area contributed by atoms with Gasteiger partial charge in [-0.15, -0.1) is 0 Å². The molecule has 0 aliphatic heterocycles. The molecule has 26 heavy (non-hydrogen) atoms. The highest BCUT2D eigenvalue weighted by Crippen LogP contribution is 2.22. The first-order chi connectivity index (χ1) is 12.3. The molecule has 0 saturated heterocycles. The monoisotopic (exact) mass is 369 g/mol. The topological polar surface area (TPSA) is 79.4 Å². The van der Waals surface area contributed by atoms with Crippen LogP contribution in [0.3, 0.4) is 0 Å². The van der Waals surface area contributed by atoms with E-state index in [9.17, 15) is 18.0 Å². The molecule has 10 heteroatoms. The zero-order valence-corrected chi connectivity index (χ0v) is 14.2. The second-order valence-electron chi connectivity index (χ2n) is 5.35. The first-order valence-electron chi connectivity index (χ1n) is 7.54. The molecule has 2 aromatic rings. The van der Waals surface area contributed by atoms with Crippen molar-refractivity contribution in [3.63, 3.8) is 0 Å². The molecule has 1 heterocycles. The maximum Gasteiger partial charge on any atom is 0.405 e. The number of ether oxygens (including phenoxy) is 1. The van der Waals surface area contributed by atoms with Crippen molar-refractivity contribution in [1.29, 1.82) is 0 Å². The average molecular weight is 369 g/mol. The standard InChI is InChI=1S/C16H18F3N5O2/c1-24(12-3-5-13(26-2)6-4-12)8-11-7-20-15(21-9-16(17,18)19)23-14(11)22-10-25/h3-7,10H,8-9H2,1-2H3,(H2,20,21,22,23,25). The van der Waals surface area contributed by atoms with Gasteiger partial charge in [-0.1, -0.05) is 0 Å². The number of rotatable bonds is 8. The Morgan fingerprint density at radius 3 is 2.54 bits per heavy atom. The van der Waals surface area contributed by atoms with Crippen molar-refractivity contribution in [2.45, 2.75) is 12.7 Å². The fraction of sp³-hybridized carbons (Fsp3) is 0.312. The number of halogens is 3. The largest absolute Gasteiger partial charge is 0.497 e. The quantitative estimate of drug-likeness (QED) is 0.697. The van der Waals surface area contributed by atoms with E-state index in [0.29, 0.717) is 24.3 Å². The number of amides is 1. The predicted molar refractivity (Wildman–Crippen MR) is 91.4 cm³/mol. The summed E-state index contributed by atoms with van der Waals surface area (Å²) in [6, 6.07) is 7.31. The van der Waals surface area contributed by atoms with Crippen molar-refractivity contribution in [2.24, 2.45) is 0 Å². The molecule has 0 aliphatic carbocycles. The third-order valence-electron chi connectivity index (χ3n) is 3.43. The average Bonchev–Trinajstić information content (AvgIpc) is 2.61. The summed E-state index contributed by atoms with van der Waals surface area (Å²) in [4.78, 5) is 20.5. The summed E-state index contributed by atoms with van der Waals surface area (Å²) in [5, 5.41) is 4.47. The molecular formula is C16H18F3N5O2. The lowest BCUT2D eigenvalue weighted by Crippen LogP contribution is -2.23. The van der Waals surface area contributed by atoms with Gasteiger partial charge in [-0.2, -0.15) is 18.2 Å². The van der Waals surface area contributed by atoms with Gasteiger partial charge in [0.15, 0.2) is 0 Å². The van der Waals surface area contributed by atoms with Crippen LogP contribution in [0.25, 0.3) is 0 Å². The van der Waals surface area contributed by atoms with Crippen molar-refractivity contribution in [1.82, 2.24) is 9.97 Å². The maximum absolute atomic E-state index is 12.3. The lowest BCUT2D eigenvalue weighted by Gasteiger charge is -2.21. The van der Waals surface area contributed by atoms with Gasteiger partial charge >= 0.3 is 6.18 Å². The van der Waals surface area contributed by atoms with Gasteiger partial charge in [0.1, 0.15) is 18.1 Å². The van der Waals surface area contributed by atoms with Gasteiger partial charge in [-0.25, -0.2) is 4.98 Å². The molecule has 2 rings (SSSR count). The number of hydrogen-bond donors (Lipinski definition) is 2. The Bertz CT molecular complexity index is 738. The van der Waals surface area contributed by atoms with Gasteiger partial charge < -0.3 is 20.3 Å². The van der Waals surface area contributed by atoms with E-state index in [4.69, 9.17) is 4.74 Å². The van der Waals surface area contributed by atoms with E-state index in [1.54, 1.807) is 19.2 Å². The Hall–Kier alpha value is -3.04. The minimum Gasteiger partial charge on any atom is -0.497 e. The minimum absolute atomic E-state index is 0.139. The number of aromatic nitrogens is 2. The third-order valence-corrected chi connectivity index (χ3v) is 3.43. The molecule has 0 bridgehead atoms. The van der Waals surface area contributed by atoms with Crippen LogP contribution in [0.4, 0.5) is 30.6 Å². The molecule has 1 aromatic heterocycles. The predicted octanol–water partition coefficient (Wildman–Crippen LogP) is 2.66. The number of nitrogens with zero attached hydrogens (tertiary/aromatic N) is 3. The Morgan fingerprint density at radius 2 is 1.96 bits per heavy atom. The number of methoxy groups -OCH3 is 1. The summed E-state index contributed by atoms with van der Waals surface area (Å²) >= 11 is 0. The molecular weight excluding hydrogens is 351 g/mol. The summed E-state index contributed by atoms with van der Waals surface area (Å²) in [6.45, 7) is -0.930. The lowest BCUT2D eigenvalue weighted by molar-refractivity contribution is -0.115. The van der Waals surface area contributed by atoms with Crippen LogP contribution in [0, 0.1) is 0 Å². The number of anilines is 3. The molecule has 0 atom stereocenters. The second kappa shape index (κ2) is 8.37. The van der Waals surface area contributed by atoms with E-state index in [2.05, 4.69) is 20.6 Å². The van der Waals surface area contributed by atoms with Crippen LogP contribution in [-0.2, 0) is 11.3 Å². The van der Waals surface area contributed by atoms with Crippen LogP contribution in [0.1, 0.15) is 5.56 Å². The summed E-state index contributed by atoms with van der Waals surface area (Å²) in [5.41, 5.74) is 1.43. The van der Waals surface area contributed by atoms with Crippen LogP contribution in [0.2, 0.25) is 0 Å². The van der Waals surface area contributed by atoms with Crippen molar-refractivity contribution in [2.75, 3.05) is 36.2 Å². The van der Waals surface area contributed by atoms with E-state index in [1.807, 2.05) is 24.1 Å². The molecule has 7 nitrogen and oxygen atoms in total. The molecule has 0 radical (unpaired) electrons. The van der Waals surface area contributed by atoms with Gasteiger partial charge in [0.2, 0.25) is 12.4 Å². The summed E-state index contributed by atoms with van der Waals surface area (Å²) in [7, 11) is 3.39. The normalized spacial score (nSPS) is 11.0. The highest BCUT2D eigenvalue weighted by molar-refractivity contribution is 5.71. The molecule has 1 aromatic carbocycles. The zero-order valence-electron chi connectivity index (χ0n) is 14.2. The molecule has 140 valence electrons. The SMILES string of the molecule is COc1ccc(N(C)Cc2cnc(NCC(F)(F)F)nc2NC=O)cc1. The van der Waals surface area contributed by atoms with Crippen molar-refractivity contribution < 1.29 is 22.7 Å². The smallest absolute Gasteiger partial charge is 0.405 e. The molecule has 0 spiro atoms. The summed E-state index contributed by atoms with van der Waals surface area (Å²) < 4.78 is 41.9. The number of carbonyl (C=O) groups excluding carboxylic acids is 1. The summed E-state index contributed by atoms with van der Waals surface area (Å²) in [5.74, 6) is 0.636. The van der Waals surface area contributed by atoms with Crippen LogP contribution in [0.15, 0.2) is 30.5 Å². The Kier molecular flexibility index (Phi) is 6.21. The van der Waals surface area contributed by atoms with Crippen LogP contribution < -0.4 is 20.3 Å². The lowest BCUT2D eigenvalue weighted by atomic mass is 10.2. The molecule has 0 fully saturated rings. The van der Waals surface area contributed by atoms with Crippen LogP contribution in [-0.4, -0.2) is 43.3 Å². The van der Waals surface area contributed by atoms with Crippen LogP contribution in [0.5, 0.6) is 5.75 Å². The Balaban J connectivity index is 2.14. The van der Waals surface area contributed by atoms with Crippen molar-refractivity contribution in [3.05, 3.63) is 36.0 Å². The molecule has 2 N–H and O–H groups in total. The highest BCUT2D eigenvalue weighted by Gasteiger charge is 2.27. The Labute approximate surface area is 148 Å². The van der Waals surface area contributed by atoms with Gasteiger partial charge in [0.05, 0.1) is 7.11 Å². The Morgan fingerprint density at radius 1 is 1.27 bits per heavy atom. The first-order valence-corrected chi connectivity index (χ1v) is 7.54. The van der Waals surface area contributed by atoms with E-state index in [-0.39, 0.29) is 11.8 Å². The molecule has 0 unspecified atom stereocenters. The molecule has 1 amide bonds. The number of carbonyl (C=O) groups is 1. The van der Waals surface area contributed by atoms with Crippen LogP contribution >= 0.6 is 0 Å². The van der Waals surface area contributed by atoms with Gasteiger partial charge in [-0.05, 0) is 24.3 Å². The van der Waals surface area contributed by atoms with Gasteiger partial charge in [0.25, 0.3) is 0 Å². The summed E-state index contributed by atoms with van der Waals surface area (Å²) in [6.07, 6.45) is -2.61. The van der Waals surface area contributed by atoms with E-state index < -0.39 is 12.7 Å². The van der Waals surface area contributed by atoms with Crippen molar-refractivity contribution >= 4 is 23.9 Å². The van der Waals surface area contributed by atoms with E-state index >= 15 is 0 Å². The number of benzene rings is 1. The second-order valence-corrected chi connectivity index (χ2v) is 5.35. The fourth-order valence-corrected chi connectivity index (χ4v) is 2.15. The van der Waals surface area contributed by atoms with Gasteiger partial charge in [-0.3, -0.25) is 4.79 Å². The first kappa shape index (κ1) is 19.3. The number of alkyl halides is 3. The maximum atomic E-state index is 12.3. The third kappa shape index (κ3) is 5.50. The zero-order chi connectivity index (χ0) is 19.2. The number of nitrogens with one attached hydrogen (secondary N) is 2. The number of hydrogen-bond acceptors (Lipinski definition) is 6. The van der Waals surface area contributed by atoms with Gasteiger partial charge in [0, 0.05) is 31.0 Å². The molecule has 0 saturated carbocycles. The molecule has 0 aliphatic rings.